The van der Waals surface area contributed by atoms with Gasteiger partial charge in [0.2, 0.25) is 11.8 Å². The number of morpholine rings is 1. The highest BCUT2D eigenvalue weighted by Crippen LogP contribution is 2.27. The number of benzene rings is 2. The van der Waals surface area contributed by atoms with Crippen molar-refractivity contribution in [3.8, 4) is 0 Å². The minimum absolute atomic E-state index is 0.0699. The molecule has 59 heavy (non-hydrogen) atoms. The molecule has 0 atom stereocenters. The lowest BCUT2D eigenvalue weighted by Crippen LogP contribution is -2.49. The van der Waals surface area contributed by atoms with Crippen LogP contribution in [0.2, 0.25) is 10.0 Å². The van der Waals surface area contributed by atoms with Crippen molar-refractivity contribution in [2.45, 2.75) is 26.9 Å². The second kappa shape index (κ2) is 18.3. The normalized spacial score (nSPS) is 16.1. The summed E-state index contributed by atoms with van der Waals surface area (Å²) in [5.74, 6) is 1.03. The second-order valence-corrected chi connectivity index (χ2v) is 16.7. The third-order valence-electron chi connectivity index (χ3n) is 11.1. The molecule has 2 amide bonds. The molecule has 0 radical (unpaired) electrons. The van der Waals surface area contributed by atoms with E-state index in [0.29, 0.717) is 39.4 Å². The van der Waals surface area contributed by atoms with Crippen molar-refractivity contribution in [1.82, 2.24) is 39.3 Å². The zero-order valence-corrected chi connectivity index (χ0v) is 36.8. The van der Waals surface area contributed by atoms with E-state index >= 15 is 0 Å². The molecule has 7 heterocycles. The third kappa shape index (κ3) is 9.22. The predicted molar refractivity (Wildman–Crippen MR) is 241 cm³/mol. The van der Waals surface area contributed by atoms with Crippen LogP contribution in [0.25, 0.3) is 22.1 Å². The van der Waals surface area contributed by atoms with Gasteiger partial charge in [0, 0.05) is 99.3 Å². The van der Waals surface area contributed by atoms with Crippen LogP contribution >= 0.6 is 45.8 Å². The second-order valence-electron chi connectivity index (χ2n) is 14.9. The zero-order valence-electron chi connectivity index (χ0n) is 33.1. The Morgan fingerprint density at radius 1 is 0.627 bits per heavy atom. The Morgan fingerprint density at radius 3 is 1.61 bits per heavy atom. The van der Waals surface area contributed by atoms with Crippen LogP contribution in [0.3, 0.4) is 0 Å². The summed E-state index contributed by atoms with van der Waals surface area (Å²) >= 11 is 14.5. The predicted octanol–water partition coefficient (Wildman–Crippen LogP) is 5.93. The van der Waals surface area contributed by atoms with Gasteiger partial charge in [0.05, 0.1) is 24.0 Å². The van der Waals surface area contributed by atoms with E-state index in [1.165, 1.54) is 0 Å². The number of hydrogen-bond donors (Lipinski definition) is 0. The standard InChI is InChI=1S/C23H27ClN6O2.C19H19ClIN5O/c1-17-15-18(4-5-20(17)24)27-7-9-28(10-8-27)21(31)16-30-22-19(3-2-6-25-22)23(26-30)29-11-13-32-14-12-29;1-13-11-14(4-5-16(13)20)24-7-9-25(10-8-24)17(27)12-26-19-15(18(21)23-26)3-2-6-22-19/h2-6,15H,7-14,16H2,1H3;2-6,11H,7-10,12H2,1H3. The molecule has 3 saturated heterocycles. The Kier molecular flexibility index (Phi) is 12.7. The van der Waals surface area contributed by atoms with Gasteiger partial charge in [-0.3, -0.25) is 9.59 Å². The van der Waals surface area contributed by atoms with E-state index in [9.17, 15) is 9.59 Å². The molecule has 0 aliphatic carbocycles. The van der Waals surface area contributed by atoms with Gasteiger partial charge in [-0.1, -0.05) is 23.2 Å². The first-order chi connectivity index (χ1) is 28.6. The fourth-order valence-corrected chi connectivity index (χ4v) is 8.64. The smallest absolute Gasteiger partial charge is 0.244 e. The van der Waals surface area contributed by atoms with Crippen LogP contribution in [0.1, 0.15) is 11.1 Å². The minimum atomic E-state index is 0.0699. The van der Waals surface area contributed by atoms with Gasteiger partial charge >= 0.3 is 0 Å². The van der Waals surface area contributed by atoms with E-state index < -0.39 is 0 Å². The van der Waals surface area contributed by atoms with Crippen molar-refractivity contribution in [2.24, 2.45) is 0 Å². The van der Waals surface area contributed by atoms with Gasteiger partial charge < -0.3 is 29.2 Å². The first kappa shape index (κ1) is 41.0. The maximum absolute atomic E-state index is 13.1. The van der Waals surface area contributed by atoms with Crippen molar-refractivity contribution in [3.05, 3.63) is 97.9 Å². The number of rotatable bonds is 7. The van der Waals surface area contributed by atoms with E-state index in [1.54, 1.807) is 21.8 Å². The molecule has 2 aromatic carbocycles. The number of aromatic nitrogens is 6. The Bertz CT molecular complexity index is 2460. The zero-order chi connectivity index (χ0) is 41.0. The van der Waals surface area contributed by atoms with Crippen molar-refractivity contribution < 1.29 is 14.3 Å². The van der Waals surface area contributed by atoms with Crippen LogP contribution < -0.4 is 14.7 Å². The topological polar surface area (TPSA) is 121 Å². The average Bonchev–Trinajstić information content (AvgIpc) is 3.79. The molecule has 308 valence electrons. The summed E-state index contributed by atoms with van der Waals surface area (Å²) in [5, 5.41) is 12.8. The summed E-state index contributed by atoms with van der Waals surface area (Å²) in [6.45, 7) is 13.4. The summed E-state index contributed by atoms with van der Waals surface area (Å²) < 4.78 is 9.79. The van der Waals surface area contributed by atoms with E-state index in [2.05, 4.69) is 64.5 Å². The van der Waals surface area contributed by atoms with Gasteiger partial charge in [-0.2, -0.15) is 10.2 Å². The minimum Gasteiger partial charge on any atom is -0.378 e. The highest BCUT2D eigenvalue weighted by atomic mass is 127. The Hall–Kier alpha value is -4.71. The first-order valence-electron chi connectivity index (χ1n) is 19.8. The van der Waals surface area contributed by atoms with Gasteiger partial charge in [-0.05, 0) is 108 Å². The molecule has 0 spiro atoms. The van der Waals surface area contributed by atoms with Crippen LogP contribution in [0.4, 0.5) is 17.2 Å². The molecule has 9 rings (SSSR count). The number of fused-ring (bicyclic) bond motifs is 2. The molecule has 17 heteroatoms. The fourth-order valence-electron chi connectivity index (χ4n) is 7.73. The molecule has 0 unspecified atom stereocenters. The molecule has 3 aliphatic heterocycles. The highest BCUT2D eigenvalue weighted by molar-refractivity contribution is 14.1. The SMILES string of the molecule is Cc1cc(N2CCN(C(=O)Cn3nc(I)c4cccnc43)CC2)ccc1Cl.Cc1cc(N2CCN(C(=O)Cn3nc(N4CCOCC4)c4cccnc43)CC2)ccc1Cl. The van der Waals surface area contributed by atoms with Crippen LogP contribution in [0, 0.1) is 17.5 Å². The van der Waals surface area contributed by atoms with Gasteiger partial charge in [0.1, 0.15) is 16.8 Å². The number of halogens is 3. The lowest BCUT2D eigenvalue weighted by molar-refractivity contribution is -0.133. The summed E-state index contributed by atoms with van der Waals surface area (Å²) in [7, 11) is 0. The van der Waals surface area contributed by atoms with Gasteiger partial charge in [0.25, 0.3) is 0 Å². The lowest BCUT2D eigenvalue weighted by Gasteiger charge is -2.36. The average molecular weight is 951 g/mol. The first-order valence-corrected chi connectivity index (χ1v) is 21.7. The number of hydrogen-bond acceptors (Lipinski definition) is 10. The number of aryl methyl sites for hydroxylation is 2. The summed E-state index contributed by atoms with van der Waals surface area (Å²) in [6, 6.07) is 20.0. The molecule has 0 bridgehead atoms. The van der Waals surface area contributed by atoms with Crippen molar-refractivity contribution in [3.63, 3.8) is 0 Å². The Labute approximate surface area is 366 Å². The maximum Gasteiger partial charge on any atom is 0.244 e. The Morgan fingerprint density at radius 2 is 1.10 bits per heavy atom. The third-order valence-corrected chi connectivity index (χ3v) is 12.8. The van der Waals surface area contributed by atoms with Gasteiger partial charge in [0.15, 0.2) is 17.1 Å². The number of piperazine rings is 2. The molecule has 3 fully saturated rings. The lowest BCUT2D eigenvalue weighted by atomic mass is 10.2. The monoisotopic (exact) mass is 949 g/mol. The number of carbonyl (C=O) groups excluding carboxylic acids is 2. The molecular weight excluding hydrogens is 904 g/mol. The fraction of sp³-hybridized carbons (Fsp3) is 0.381. The van der Waals surface area contributed by atoms with E-state index in [0.717, 1.165) is 103 Å². The van der Waals surface area contributed by atoms with Crippen molar-refractivity contribution in [1.29, 1.82) is 0 Å². The van der Waals surface area contributed by atoms with E-state index in [1.807, 2.05) is 72.2 Å². The number of amides is 2. The summed E-state index contributed by atoms with van der Waals surface area (Å²) in [6.07, 6.45) is 3.48. The quantitative estimate of drug-likeness (QED) is 0.178. The summed E-state index contributed by atoms with van der Waals surface area (Å²) in [4.78, 5) is 45.4. The summed E-state index contributed by atoms with van der Waals surface area (Å²) in [5.41, 5.74) is 5.94. The van der Waals surface area contributed by atoms with Crippen LogP contribution in [0.15, 0.2) is 73.1 Å². The van der Waals surface area contributed by atoms with Crippen molar-refractivity contribution in [2.75, 3.05) is 93.4 Å². The number of ether oxygens (including phenoxy) is 1. The van der Waals surface area contributed by atoms with E-state index in [4.69, 9.17) is 33.0 Å². The molecule has 0 saturated carbocycles. The molecule has 0 N–H and O–H groups in total. The molecule has 4 aromatic heterocycles. The number of anilines is 3. The van der Waals surface area contributed by atoms with Gasteiger partial charge in [-0.25, -0.2) is 19.3 Å². The van der Waals surface area contributed by atoms with E-state index in [-0.39, 0.29) is 24.9 Å². The van der Waals surface area contributed by atoms with Crippen LogP contribution in [-0.2, 0) is 27.4 Å². The van der Waals surface area contributed by atoms with Crippen LogP contribution in [-0.4, -0.2) is 130 Å². The van der Waals surface area contributed by atoms with Crippen molar-refractivity contribution >= 4 is 96.9 Å². The maximum atomic E-state index is 13.1. The molecular formula is C42H46Cl2IN11O3. The molecule has 14 nitrogen and oxygen atoms in total. The largest absolute Gasteiger partial charge is 0.378 e. The molecule has 6 aromatic rings. The number of nitrogens with zero attached hydrogens (tertiary/aromatic N) is 11. The Balaban J connectivity index is 0.000000167. The van der Waals surface area contributed by atoms with Crippen LogP contribution in [0.5, 0.6) is 0 Å². The highest BCUT2D eigenvalue weighted by Gasteiger charge is 2.26. The number of pyridine rings is 2. The van der Waals surface area contributed by atoms with Gasteiger partial charge in [-0.15, -0.1) is 0 Å². The number of carbonyl (C=O) groups is 2. The molecule has 3 aliphatic rings.